The van der Waals surface area contributed by atoms with Crippen LogP contribution in [0.3, 0.4) is 0 Å². The second kappa shape index (κ2) is 6.03. The lowest BCUT2D eigenvalue weighted by Gasteiger charge is -2.35. The van der Waals surface area contributed by atoms with E-state index in [0.29, 0.717) is 6.04 Å². The minimum Gasteiger partial charge on any atom is -0.360 e. The minimum absolute atomic E-state index is 0.645. The van der Waals surface area contributed by atoms with Crippen molar-refractivity contribution in [1.29, 1.82) is 0 Å². The van der Waals surface area contributed by atoms with Crippen molar-refractivity contribution in [3.63, 3.8) is 0 Å². The number of hydrogen-bond donors (Lipinski definition) is 1. The van der Waals surface area contributed by atoms with Crippen molar-refractivity contribution >= 4 is 23.1 Å². The van der Waals surface area contributed by atoms with Crippen molar-refractivity contribution < 1.29 is 4.98 Å². The van der Waals surface area contributed by atoms with Crippen LogP contribution in [0, 0.1) is 11.8 Å². The summed E-state index contributed by atoms with van der Waals surface area (Å²) in [5, 5.41) is 4.65. The number of nitrogens with zero attached hydrogens (tertiary/aromatic N) is 2. The van der Waals surface area contributed by atoms with E-state index in [9.17, 15) is 0 Å². The van der Waals surface area contributed by atoms with Crippen LogP contribution in [-0.4, -0.2) is 42.2 Å². The Morgan fingerprint density at radius 3 is 2.64 bits per heavy atom. The van der Waals surface area contributed by atoms with Gasteiger partial charge in [0.25, 0.3) is 5.82 Å². The fourth-order valence-electron chi connectivity index (χ4n) is 4.40. The van der Waals surface area contributed by atoms with Crippen molar-refractivity contribution in [2.24, 2.45) is 11.8 Å². The summed E-state index contributed by atoms with van der Waals surface area (Å²) in [5.74, 6) is 3.05. The van der Waals surface area contributed by atoms with Crippen LogP contribution in [0.25, 0.3) is 0 Å². The molecular formula is C17H25N4S+. The zero-order chi connectivity index (χ0) is 14.9. The topological polar surface area (TPSA) is 32.6 Å². The first-order valence-corrected chi connectivity index (χ1v) is 8.97. The largest absolute Gasteiger partial charge is 0.360 e. The number of rotatable bonds is 2. The first kappa shape index (κ1) is 14.2. The summed E-state index contributed by atoms with van der Waals surface area (Å²) in [5.41, 5.74) is 0. The Morgan fingerprint density at radius 2 is 2.00 bits per heavy atom. The molecule has 0 radical (unpaired) electrons. The Morgan fingerprint density at radius 1 is 1.14 bits per heavy atom. The Hall–Kier alpha value is -1.36. The predicted molar refractivity (Wildman–Crippen MR) is 91.8 cm³/mol. The summed E-state index contributed by atoms with van der Waals surface area (Å²) in [4.78, 5) is 8.07. The maximum Gasteiger partial charge on any atom is 0.274 e. The molecule has 4 rings (SSSR count). The van der Waals surface area contributed by atoms with Crippen LogP contribution < -0.4 is 15.2 Å². The van der Waals surface area contributed by atoms with Gasteiger partial charge in [0.1, 0.15) is 13.1 Å². The van der Waals surface area contributed by atoms with Crippen LogP contribution in [0.2, 0.25) is 0 Å². The molecule has 4 nitrogen and oxygen atoms in total. The second-order valence-electron chi connectivity index (χ2n) is 6.95. The van der Waals surface area contributed by atoms with Gasteiger partial charge in [-0.05, 0) is 49.4 Å². The number of hydrogen-bond acceptors (Lipinski definition) is 2. The van der Waals surface area contributed by atoms with Gasteiger partial charge in [-0.2, -0.15) is 0 Å². The van der Waals surface area contributed by atoms with Gasteiger partial charge in [-0.1, -0.05) is 12.5 Å². The Bertz CT molecular complexity index is 527. The highest BCUT2D eigenvalue weighted by atomic mass is 32.1. The minimum atomic E-state index is 0.645. The SMILES string of the molecule is S=C(N[C@H]1C[C@H]2CC[C@@H]1C2)N1CCN(c2cccc[nH+]2)CC1. The number of piperazine rings is 1. The van der Waals surface area contributed by atoms with Gasteiger partial charge < -0.3 is 10.2 Å². The first-order chi connectivity index (χ1) is 10.8. The summed E-state index contributed by atoms with van der Waals surface area (Å²) in [6.07, 6.45) is 7.61. The molecule has 2 bridgehead atoms. The molecule has 0 aromatic carbocycles. The van der Waals surface area contributed by atoms with E-state index in [2.05, 4.69) is 32.2 Å². The summed E-state index contributed by atoms with van der Waals surface area (Å²) in [6, 6.07) is 6.89. The maximum atomic E-state index is 5.67. The molecule has 3 fully saturated rings. The molecule has 2 heterocycles. The van der Waals surface area contributed by atoms with Gasteiger partial charge >= 0.3 is 0 Å². The van der Waals surface area contributed by atoms with Crippen LogP contribution in [-0.2, 0) is 0 Å². The molecule has 2 saturated carbocycles. The molecule has 1 aliphatic heterocycles. The number of aromatic nitrogens is 1. The molecule has 1 aromatic heterocycles. The van der Waals surface area contributed by atoms with Crippen LogP contribution in [0.5, 0.6) is 0 Å². The van der Waals surface area contributed by atoms with Crippen molar-refractivity contribution in [3.05, 3.63) is 24.4 Å². The number of aromatic amines is 1. The third-order valence-corrected chi connectivity index (χ3v) is 6.02. The molecule has 3 aliphatic rings. The number of anilines is 1. The van der Waals surface area contributed by atoms with E-state index < -0.39 is 0 Å². The van der Waals surface area contributed by atoms with Gasteiger partial charge in [-0.25, -0.2) is 4.98 Å². The van der Waals surface area contributed by atoms with Crippen LogP contribution >= 0.6 is 12.2 Å². The third kappa shape index (κ3) is 2.78. The molecule has 5 heteroatoms. The maximum absolute atomic E-state index is 5.67. The average Bonchev–Trinajstić information content (AvgIpc) is 3.19. The molecule has 3 atom stereocenters. The lowest BCUT2D eigenvalue weighted by Crippen LogP contribution is -2.54. The van der Waals surface area contributed by atoms with Crippen molar-refractivity contribution in [1.82, 2.24) is 10.2 Å². The summed E-state index contributed by atoms with van der Waals surface area (Å²) < 4.78 is 0. The molecule has 0 unspecified atom stereocenters. The van der Waals surface area contributed by atoms with Crippen molar-refractivity contribution in [2.75, 3.05) is 31.1 Å². The Balaban J connectivity index is 1.29. The molecule has 0 spiro atoms. The van der Waals surface area contributed by atoms with Crippen molar-refractivity contribution in [2.45, 2.75) is 31.7 Å². The quantitative estimate of drug-likeness (QED) is 0.842. The van der Waals surface area contributed by atoms with Crippen LogP contribution in [0.4, 0.5) is 5.82 Å². The molecule has 118 valence electrons. The van der Waals surface area contributed by atoms with E-state index in [1.807, 2.05) is 12.3 Å². The van der Waals surface area contributed by atoms with Gasteiger partial charge in [0.05, 0.1) is 19.3 Å². The zero-order valence-corrected chi connectivity index (χ0v) is 13.8. The Kier molecular flexibility index (Phi) is 3.90. The number of pyridine rings is 1. The zero-order valence-electron chi connectivity index (χ0n) is 13.0. The highest BCUT2D eigenvalue weighted by Gasteiger charge is 2.40. The highest BCUT2D eigenvalue weighted by molar-refractivity contribution is 7.80. The average molecular weight is 317 g/mol. The van der Waals surface area contributed by atoms with Gasteiger partial charge in [0.15, 0.2) is 5.11 Å². The number of fused-ring (bicyclic) bond motifs is 2. The van der Waals surface area contributed by atoms with E-state index in [0.717, 1.165) is 43.1 Å². The van der Waals surface area contributed by atoms with Gasteiger partial charge in [0.2, 0.25) is 0 Å². The highest BCUT2D eigenvalue weighted by Crippen LogP contribution is 2.44. The summed E-state index contributed by atoms with van der Waals surface area (Å²) in [7, 11) is 0. The van der Waals surface area contributed by atoms with Crippen molar-refractivity contribution in [3.8, 4) is 0 Å². The molecule has 1 saturated heterocycles. The van der Waals surface area contributed by atoms with Gasteiger partial charge in [-0.15, -0.1) is 0 Å². The molecular weight excluding hydrogens is 292 g/mol. The fourth-order valence-corrected chi connectivity index (χ4v) is 4.74. The smallest absolute Gasteiger partial charge is 0.274 e. The van der Waals surface area contributed by atoms with E-state index >= 15 is 0 Å². The molecule has 0 amide bonds. The molecule has 22 heavy (non-hydrogen) atoms. The van der Waals surface area contributed by atoms with E-state index in [1.165, 1.54) is 31.5 Å². The first-order valence-electron chi connectivity index (χ1n) is 8.57. The number of nitrogens with one attached hydrogen (secondary N) is 2. The van der Waals surface area contributed by atoms with Gasteiger partial charge in [0, 0.05) is 12.1 Å². The molecule has 1 aromatic rings. The number of H-pyrrole nitrogens is 1. The predicted octanol–water partition coefficient (Wildman–Crippen LogP) is 1.69. The fraction of sp³-hybridized carbons (Fsp3) is 0.647. The molecule has 2 aliphatic carbocycles. The second-order valence-corrected chi connectivity index (χ2v) is 7.34. The lowest BCUT2D eigenvalue weighted by molar-refractivity contribution is -0.364. The molecule has 2 N–H and O–H groups in total. The van der Waals surface area contributed by atoms with Crippen LogP contribution in [0.15, 0.2) is 24.4 Å². The normalized spacial score (nSPS) is 30.6. The van der Waals surface area contributed by atoms with E-state index in [4.69, 9.17) is 12.2 Å². The standard InChI is InChI=1S/C17H24N4S/c22-17(19-15-12-13-4-5-14(15)11-13)21-9-7-20(8-10-21)16-3-1-2-6-18-16/h1-3,6,13-15H,4-5,7-12H2,(H,19,22)/p+1/t13-,14+,15-/m0/s1. The summed E-state index contributed by atoms with van der Waals surface area (Å²) in [6.45, 7) is 4.07. The monoisotopic (exact) mass is 317 g/mol. The third-order valence-electron chi connectivity index (χ3n) is 5.65. The Labute approximate surface area is 137 Å². The summed E-state index contributed by atoms with van der Waals surface area (Å²) >= 11 is 5.67. The lowest BCUT2D eigenvalue weighted by atomic mass is 9.95. The van der Waals surface area contributed by atoms with E-state index in [1.54, 1.807) is 0 Å². The van der Waals surface area contributed by atoms with E-state index in [-0.39, 0.29) is 0 Å². The number of thiocarbonyl (C=S) groups is 1. The van der Waals surface area contributed by atoms with Crippen LogP contribution in [0.1, 0.15) is 25.7 Å². The van der Waals surface area contributed by atoms with Gasteiger partial charge in [-0.3, -0.25) is 4.90 Å².